The molecular weight excluding hydrogens is 304 g/mol. The summed E-state index contributed by atoms with van der Waals surface area (Å²) >= 11 is 1.79. The van der Waals surface area contributed by atoms with Gasteiger partial charge < -0.3 is 10.2 Å². The average Bonchev–Trinajstić information content (AvgIpc) is 2.56. The van der Waals surface area contributed by atoms with Crippen LogP contribution in [0.5, 0.6) is 0 Å². The number of amides is 1. The molecule has 2 rings (SSSR count). The maximum Gasteiger partial charge on any atom is 0.223 e. The summed E-state index contributed by atoms with van der Waals surface area (Å²) in [6.07, 6.45) is 3.87. The predicted octanol–water partition coefficient (Wildman–Crippen LogP) is 3.78. The summed E-state index contributed by atoms with van der Waals surface area (Å²) < 4.78 is 0. The SMILES string of the molecule is CCCN(C(=O)CCSc1ccc(C)c(C)c1)C1CCNCC1. The van der Waals surface area contributed by atoms with Gasteiger partial charge in [-0.3, -0.25) is 4.79 Å². The summed E-state index contributed by atoms with van der Waals surface area (Å²) in [5.74, 6) is 1.20. The van der Waals surface area contributed by atoms with E-state index in [1.165, 1.54) is 16.0 Å². The molecule has 0 aromatic heterocycles. The van der Waals surface area contributed by atoms with Crippen LogP contribution in [0, 0.1) is 13.8 Å². The molecule has 0 saturated carbocycles. The zero-order chi connectivity index (χ0) is 16.7. The lowest BCUT2D eigenvalue weighted by atomic mass is 10.0. The van der Waals surface area contributed by atoms with E-state index >= 15 is 0 Å². The number of hydrogen-bond donors (Lipinski definition) is 1. The number of nitrogens with one attached hydrogen (secondary N) is 1. The Labute approximate surface area is 145 Å². The summed E-state index contributed by atoms with van der Waals surface area (Å²) in [6, 6.07) is 6.99. The van der Waals surface area contributed by atoms with Crippen LogP contribution in [0.2, 0.25) is 0 Å². The number of piperidine rings is 1. The van der Waals surface area contributed by atoms with Crippen LogP contribution >= 0.6 is 11.8 Å². The summed E-state index contributed by atoms with van der Waals surface area (Å²) in [5.41, 5.74) is 2.65. The Morgan fingerprint density at radius 2 is 2.00 bits per heavy atom. The fourth-order valence-corrected chi connectivity index (χ4v) is 4.01. The van der Waals surface area contributed by atoms with E-state index in [0.29, 0.717) is 18.4 Å². The summed E-state index contributed by atoms with van der Waals surface area (Å²) in [4.78, 5) is 16.0. The van der Waals surface area contributed by atoms with Crippen LogP contribution in [0.4, 0.5) is 0 Å². The third-order valence-corrected chi connectivity index (χ3v) is 5.59. The van der Waals surface area contributed by atoms with Crippen LogP contribution in [0.1, 0.15) is 43.7 Å². The number of hydrogen-bond acceptors (Lipinski definition) is 3. The van der Waals surface area contributed by atoms with E-state index in [-0.39, 0.29) is 0 Å². The maximum atomic E-state index is 12.6. The molecule has 0 atom stereocenters. The van der Waals surface area contributed by atoms with Gasteiger partial charge >= 0.3 is 0 Å². The molecule has 3 nitrogen and oxygen atoms in total. The molecule has 128 valence electrons. The van der Waals surface area contributed by atoms with Gasteiger partial charge in [0, 0.05) is 29.7 Å². The average molecular weight is 335 g/mol. The lowest BCUT2D eigenvalue weighted by Gasteiger charge is -2.34. The highest BCUT2D eigenvalue weighted by molar-refractivity contribution is 7.99. The minimum absolute atomic E-state index is 0.329. The summed E-state index contributed by atoms with van der Waals surface area (Å²) in [6.45, 7) is 9.41. The van der Waals surface area contributed by atoms with Crippen molar-refractivity contribution < 1.29 is 4.79 Å². The molecule has 23 heavy (non-hydrogen) atoms. The van der Waals surface area contributed by atoms with Gasteiger partial charge in [0.2, 0.25) is 5.91 Å². The van der Waals surface area contributed by atoms with Crippen molar-refractivity contribution in [1.29, 1.82) is 0 Å². The summed E-state index contributed by atoms with van der Waals surface area (Å²) in [7, 11) is 0. The largest absolute Gasteiger partial charge is 0.340 e. The number of benzene rings is 1. The quantitative estimate of drug-likeness (QED) is 0.770. The number of nitrogens with zero attached hydrogens (tertiary/aromatic N) is 1. The van der Waals surface area contributed by atoms with Crippen LogP contribution in [0.3, 0.4) is 0 Å². The molecule has 4 heteroatoms. The first-order valence-corrected chi connectivity index (χ1v) is 9.80. The Hall–Kier alpha value is -1.00. The van der Waals surface area contributed by atoms with Gasteiger partial charge in [0.1, 0.15) is 0 Å². The standard InChI is InChI=1S/C19H30N2OS/c1-4-12-21(17-7-10-20-11-8-17)19(22)9-13-23-18-6-5-15(2)16(3)14-18/h5-6,14,17,20H,4,7-13H2,1-3H3. The molecule has 0 radical (unpaired) electrons. The topological polar surface area (TPSA) is 32.3 Å². The van der Waals surface area contributed by atoms with Crippen molar-refractivity contribution in [3.63, 3.8) is 0 Å². The van der Waals surface area contributed by atoms with Gasteiger partial charge in [-0.05, 0) is 69.5 Å². The van der Waals surface area contributed by atoms with E-state index in [0.717, 1.165) is 44.6 Å². The van der Waals surface area contributed by atoms with Gasteiger partial charge in [-0.25, -0.2) is 0 Å². The van der Waals surface area contributed by atoms with Gasteiger partial charge in [0.25, 0.3) is 0 Å². The fraction of sp³-hybridized carbons (Fsp3) is 0.632. The Morgan fingerprint density at radius 1 is 1.26 bits per heavy atom. The molecule has 1 N–H and O–H groups in total. The number of aryl methyl sites for hydroxylation is 2. The van der Waals surface area contributed by atoms with Gasteiger partial charge in [0.15, 0.2) is 0 Å². The van der Waals surface area contributed by atoms with Crippen molar-refractivity contribution >= 4 is 17.7 Å². The van der Waals surface area contributed by atoms with Crippen molar-refractivity contribution in [2.75, 3.05) is 25.4 Å². The first-order valence-electron chi connectivity index (χ1n) is 8.82. The van der Waals surface area contributed by atoms with Crippen molar-refractivity contribution in [2.45, 2.75) is 57.4 Å². The van der Waals surface area contributed by atoms with E-state index in [9.17, 15) is 4.79 Å². The molecule has 0 bridgehead atoms. The normalized spacial score (nSPS) is 15.6. The first-order chi connectivity index (χ1) is 11.1. The monoisotopic (exact) mass is 334 g/mol. The predicted molar refractivity (Wildman–Crippen MR) is 99.2 cm³/mol. The third-order valence-electron chi connectivity index (χ3n) is 4.60. The minimum Gasteiger partial charge on any atom is -0.340 e. The van der Waals surface area contributed by atoms with Gasteiger partial charge in [-0.2, -0.15) is 0 Å². The zero-order valence-electron chi connectivity index (χ0n) is 14.7. The Bertz CT molecular complexity index is 512. The smallest absolute Gasteiger partial charge is 0.223 e. The lowest BCUT2D eigenvalue weighted by Crippen LogP contribution is -2.46. The van der Waals surface area contributed by atoms with Crippen LogP contribution in [-0.4, -0.2) is 42.2 Å². The first kappa shape index (κ1) is 18.3. The molecule has 1 aromatic rings. The number of rotatable bonds is 7. The molecule has 1 aliphatic heterocycles. The van der Waals surface area contributed by atoms with E-state index in [2.05, 4.69) is 49.2 Å². The van der Waals surface area contributed by atoms with E-state index in [1.807, 2.05) is 0 Å². The van der Waals surface area contributed by atoms with Gasteiger partial charge in [-0.1, -0.05) is 13.0 Å². The van der Waals surface area contributed by atoms with Crippen LogP contribution in [0.25, 0.3) is 0 Å². The van der Waals surface area contributed by atoms with Gasteiger partial charge in [0.05, 0.1) is 0 Å². The van der Waals surface area contributed by atoms with Crippen LogP contribution < -0.4 is 5.32 Å². The zero-order valence-corrected chi connectivity index (χ0v) is 15.5. The van der Waals surface area contributed by atoms with Crippen molar-refractivity contribution in [1.82, 2.24) is 10.2 Å². The molecule has 1 fully saturated rings. The third kappa shape index (κ3) is 5.54. The van der Waals surface area contributed by atoms with Crippen molar-refractivity contribution in [3.05, 3.63) is 29.3 Å². The van der Waals surface area contributed by atoms with E-state index in [4.69, 9.17) is 0 Å². The Balaban J connectivity index is 1.84. The molecule has 0 unspecified atom stereocenters. The maximum absolute atomic E-state index is 12.6. The molecule has 1 aliphatic rings. The Morgan fingerprint density at radius 3 is 2.65 bits per heavy atom. The van der Waals surface area contributed by atoms with Crippen molar-refractivity contribution in [2.24, 2.45) is 0 Å². The molecule has 1 amide bonds. The van der Waals surface area contributed by atoms with Crippen LogP contribution in [0.15, 0.2) is 23.1 Å². The molecule has 1 aromatic carbocycles. The van der Waals surface area contributed by atoms with E-state index in [1.54, 1.807) is 11.8 Å². The van der Waals surface area contributed by atoms with E-state index < -0.39 is 0 Å². The lowest BCUT2D eigenvalue weighted by molar-refractivity contribution is -0.133. The molecule has 0 spiro atoms. The second-order valence-corrected chi connectivity index (χ2v) is 7.58. The van der Waals surface area contributed by atoms with Crippen LogP contribution in [-0.2, 0) is 4.79 Å². The highest BCUT2D eigenvalue weighted by Crippen LogP contribution is 2.22. The second kappa shape index (κ2) is 9.33. The highest BCUT2D eigenvalue weighted by atomic mass is 32.2. The van der Waals surface area contributed by atoms with Gasteiger partial charge in [-0.15, -0.1) is 11.8 Å². The molecule has 1 heterocycles. The summed E-state index contributed by atoms with van der Waals surface area (Å²) in [5, 5.41) is 3.38. The molecule has 0 aliphatic carbocycles. The number of thioether (sulfide) groups is 1. The Kier molecular flexibility index (Phi) is 7.44. The number of carbonyl (C=O) groups is 1. The minimum atomic E-state index is 0.329. The second-order valence-electron chi connectivity index (χ2n) is 6.41. The molecular formula is C19H30N2OS. The fourth-order valence-electron chi connectivity index (χ4n) is 3.07. The number of carbonyl (C=O) groups excluding carboxylic acids is 1. The van der Waals surface area contributed by atoms with Crippen molar-refractivity contribution in [3.8, 4) is 0 Å². The highest BCUT2D eigenvalue weighted by Gasteiger charge is 2.24. The molecule has 1 saturated heterocycles.